The smallest absolute Gasteiger partial charge is 0.299 e. The minimum Gasteiger partial charge on any atom is -0.486 e. The van der Waals surface area contributed by atoms with E-state index < -0.39 is 18.6 Å². The van der Waals surface area contributed by atoms with Gasteiger partial charge in [0.25, 0.3) is 5.92 Å². The average Bonchev–Trinajstić information content (AvgIpc) is 2.28. The number of hydrogen-bond acceptors (Lipinski definition) is 3. The van der Waals surface area contributed by atoms with E-state index in [2.05, 4.69) is 0 Å². The van der Waals surface area contributed by atoms with E-state index in [-0.39, 0.29) is 6.61 Å². The second kappa shape index (κ2) is 3.66. The van der Waals surface area contributed by atoms with Crippen molar-refractivity contribution in [2.75, 3.05) is 13.2 Å². The highest BCUT2D eigenvalue weighted by Crippen LogP contribution is 2.34. The molecule has 1 aromatic carbocycles. The molecule has 15 heavy (non-hydrogen) atoms. The molecule has 0 saturated carbocycles. The van der Waals surface area contributed by atoms with Gasteiger partial charge in [-0.25, -0.2) is 8.78 Å². The molecular formula is C10H11F2NO2. The number of nitrogens with two attached hydrogens (primary N) is 1. The molecule has 2 N–H and O–H groups in total. The number of fused-ring (bicyclic) bond motifs is 1. The van der Waals surface area contributed by atoms with Crippen molar-refractivity contribution in [3.63, 3.8) is 0 Å². The first-order valence-corrected chi connectivity index (χ1v) is 4.60. The Kier molecular flexibility index (Phi) is 2.48. The van der Waals surface area contributed by atoms with E-state index in [4.69, 9.17) is 15.2 Å². The van der Waals surface area contributed by atoms with Crippen molar-refractivity contribution in [2.24, 2.45) is 5.73 Å². The predicted octanol–water partition coefficient (Wildman–Crippen LogP) is 1.42. The van der Waals surface area contributed by atoms with Gasteiger partial charge in [-0.1, -0.05) is 12.1 Å². The standard InChI is InChI=1S/C10H11F2NO2/c11-10(12,6-13)9-5-14-7-3-1-2-4-8(7)15-9/h1-4,9H,5-6,13H2. The number of rotatable bonds is 2. The lowest BCUT2D eigenvalue weighted by atomic mass is 10.1. The lowest BCUT2D eigenvalue weighted by Crippen LogP contribution is -2.49. The monoisotopic (exact) mass is 215 g/mol. The molecule has 1 aliphatic heterocycles. The van der Waals surface area contributed by atoms with Crippen molar-refractivity contribution in [1.82, 2.24) is 0 Å². The van der Waals surface area contributed by atoms with E-state index in [0.29, 0.717) is 11.5 Å². The molecule has 0 radical (unpaired) electrons. The van der Waals surface area contributed by atoms with Gasteiger partial charge >= 0.3 is 0 Å². The van der Waals surface area contributed by atoms with E-state index in [1.807, 2.05) is 0 Å². The average molecular weight is 215 g/mol. The maximum atomic E-state index is 13.2. The molecule has 0 aromatic heterocycles. The SMILES string of the molecule is NCC(F)(F)C1COc2ccccc2O1. The predicted molar refractivity (Wildman–Crippen MR) is 50.4 cm³/mol. The van der Waals surface area contributed by atoms with Crippen LogP contribution in [-0.4, -0.2) is 25.2 Å². The summed E-state index contributed by atoms with van der Waals surface area (Å²) >= 11 is 0. The first-order valence-electron chi connectivity index (χ1n) is 4.60. The van der Waals surface area contributed by atoms with Crippen LogP contribution < -0.4 is 15.2 Å². The van der Waals surface area contributed by atoms with Crippen molar-refractivity contribution in [2.45, 2.75) is 12.0 Å². The van der Waals surface area contributed by atoms with Gasteiger partial charge in [-0.15, -0.1) is 0 Å². The van der Waals surface area contributed by atoms with Gasteiger partial charge in [0, 0.05) is 0 Å². The minimum atomic E-state index is -3.06. The van der Waals surface area contributed by atoms with Gasteiger partial charge in [0.05, 0.1) is 6.54 Å². The fourth-order valence-corrected chi connectivity index (χ4v) is 1.36. The third-order valence-electron chi connectivity index (χ3n) is 2.25. The first kappa shape index (κ1) is 10.2. The van der Waals surface area contributed by atoms with Crippen LogP contribution in [0.25, 0.3) is 0 Å². The molecule has 1 unspecified atom stereocenters. The summed E-state index contributed by atoms with van der Waals surface area (Å²) in [5.41, 5.74) is 4.97. The Bertz CT molecular complexity index is 357. The molecule has 0 saturated heterocycles. The van der Waals surface area contributed by atoms with Crippen molar-refractivity contribution in [1.29, 1.82) is 0 Å². The highest BCUT2D eigenvalue weighted by molar-refractivity contribution is 5.40. The highest BCUT2D eigenvalue weighted by atomic mass is 19.3. The molecule has 1 heterocycles. The van der Waals surface area contributed by atoms with Crippen LogP contribution in [0, 0.1) is 0 Å². The van der Waals surface area contributed by atoms with Crippen LogP contribution in [0.2, 0.25) is 0 Å². The first-order chi connectivity index (χ1) is 7.13. The summed E-state index contributed by atoms with van der Waals surface area (Å²) in [7, 11) is 0. The van der Waals surface area contributed by atoms with Crippen molar-refractivity contribution in [3.8, 4) is 11.5 Å². The number of alkyl halides is 2. The summed E-state index contributed by atoms with van der Waals surface area (Å²) in [6, 6.07) is 6.72. The van der Waals surface area contributed by atoms with Gasteiger partial charge in [-0.3, -0.25) is 0 Å². The molecular weight excluding hydrogens is 204 g/mol. The van der Waals surface area contributed by atoms with Gasteiger partial charge in [0.2, 0.25) is 0 Å². The maximum absolute atomic E-state index is 13.2. The topological polar surface area (TPSA) is 44.5 Å². The minimum absolute atomic E-state index is 0.179. The summed E-state index contributed by atoms with van der Waals surface area (Å²) < 4.78 is 36.7. The zero-order valence-corrected chi connectivity index (χ0v) is 7.95. The fourth-order valence-electron chi connectivity index (χ4n) is 1.36. The summed E-state index contributed by atoms with van der Waals surface area (Å²) in [6.45, 7) is -0.926. The van der Waals surface area contributed by atoms with Crippen LogP contribution in [0.3, 0.4) is 0 Å². The summed E-state index contributed by atoms with van der Waals surface area (Å²) in [5, 5.41) is 0. The van der Waals surface area contributed by atoms with Gasteiger partial charge < -0.3 is 15.2 Å². The van der Waals surface area contributed by atoms with E-state index in [1.165, 1.54) is 0 Å². The van der Waals surface area contributed by atoms with Crippen LogP contribution in [0.1, 0.15) is 0 Å². The van der Waals surface area contributed by atoms with Crippen LogP contribution in [-0.2, 0) is 0 Å². The quantitative estimate of drug-likeness (QED) is 0.811. The fraction of sp³-hybridized carbons (Fsp3) is 0.400. The molecule has 82 valence electrons. The molecule has 2 rings (SSSR count). The third-order valence-corrected chi connectivity index (χ3v) is 2.25. The summed E-state index contributed by atoms with van der Waals surface area (Å²) in [4.78, 5) is 0. The normalized spacial score (nSPS) is 20.1. The maximum Gasteiger partial charge on any atom is 0.299 e. The largest absolute Gasteiger partial charge is 0.486 e. The number of para-hydroxylation sites is 2. The van der Waals surface area contributed by atoms with Crippen LogP contribution >= 0.6 is 0 Å². The zero-order chi connectivity index (χ0) is 10.9. The molecule has 5 heteroatoms. The lowest BCUT2D eigenvalue weighted by molar-refractivity contribution is -0.111. The number of ether oxygens (including phenoxy) is 2. The molecule has 3 nitrogen and oxygen atoms in total. The molecule has 0 spiro atoms. The molecule has 0 bridgehead atoms. The van der Waals surface area contributed by atoms with E-state index in [1.54, 1.807) is 24.3 Å². The lowest BCUT2D eigenvalue weighted by Gasteiger charge is -2.31. The Morgan fingerprint density at radius 2 is 2.00 bits per heavy atom. The Morgan fingerprint density at radius 3 is 2.67 bits per heavy atom. The van der Waals surface area contributed by atoms with Crippen molar-refractivity contribution < 1.29 is 18.3 Å². The molecule has 1 aromatic rings. The number of benzene rings is 1. The number of hydrogen-bond donors (Lipinski definition) is 1. The molecule has 0 fully saturated rings. The van der Waals surface area contributed by atoms with Crippen LogP contribution in [0.4, 0.5) is 8.78 Å². The van der Waals surface area contributed by atoms with Gasteiger partial charge in [-0.2, -0.15) is 0 Å². The zero-order valence-electron chi connectivity index (χ0n) is 7.95. The Labute approximate surface area is 85.8 Å². The van der Waals surface area contributed by atoms with Gasteiger partial charge in [-0.05, 0) is 12.1 Å². The second-order valence-electron chi connectivity index (χ2n) is 3.33. The summed E-state index contributed by atoms with van der Waals surface area (Å²) in [5.74, 6) is -2.24. The summed E-state index contributed by atoms with van der Waals surface area (Å²) in [6.07, 6.45) is -1.31. The van der Waals surface area contributed by atoms with Crippen molar-refractivity contribution >= 4 is 0 Å². The molecule has 1 atom stereocenters. The van der Waals surface area contributed by atoms with E-state index in [9.17, 15) is 8.78 Å². The van der Waals surface area contributed by atoms with Crippen LogP contribution in [0.15, 0.2) is 24.3 Å². The van der Waals surface area contributed by atoms with Gasteiger partial charge in [0.1, 0.15) is 6.61 Å². The highest BCUT2D eigenvalue weighted by Gasteiger charge is 2.42. The van der Waals surface area contributed by atoms with Gasteiger partial charge in [0.15, 0.2) is 17.6 Å². The van der Waals surface area contributed by atoms with E-state index >= 15 is 0 Å². The molecule has 1 aliphatic rings. The van der Waals surface area contributed by atoms with Crippen molar-refractivity contribution in [3.05, 3.63) is 24.3 Å². The Balaban J connectivity index is 2.19. The third kappa shape index (κ3) is 1.87. The number of halogens is 2. The second-order valence-corrected chi connectivity index (χ2v) is 3.33. The molecule has 0 amide bonds. The van der Waals surface area contributed by atoms with Crippen LogP contribution in [0.5, 0.6) is 11.5 Å². The molecule has 0 aliphatic carbocycles. The Hall–Kier alpha value is -1.36. The Morgan fingerprint density at radius 1 is 1.33 bits per heavy atom. The van der Waals surface area contributed by atoms with E-state index in [0.717, 1.165) is 0 Å².